The number of amides is 3. The molecule has 12 heteroatoms. The van der Waals surface area contributed by atoms with Crippen LogP contribution in [0.25, 0.3) is 6.08 Å². The third kappa shape index (κ3) is 3.96. The molecule has 0 spiro atoms. The molecule has 1 aliphatic heterocycles. The monoisotopic (exact) mass is 465 g/mol. The zero-order valence-corrected chi connectivity index (χ0v) is 16.3. The highest BCUT2D eigenvalue weighted by Crippen LogP contribution is 2.35. The van der Waals surface area contributed by atoms with Gasteiger partial charge in [0, 0.05) is 16.1 Å². The third-order valence-corrected chi connectivity index (χ3v) is 4.36. The van der Waals surface area contributed by atoms with Crippen molar-refractivity contribution in [2.75, 3.05) is 7.11 Å². The summed E-state index contributed by atoms with van der Waals surface area (Å²) in [6.45, 7) is -0.260. The van der Waals surface area contributed by atoms with Crippen molar-refractivity contribution in [1.82, 2.24) is 10.2 Å². The van der Waals surface area contributed by atoms with Crippen molar-refractivity contribution in [1.29, 1.82) is 0 Å². The van der Waals surface area contributed by atoms with Crippen molar-refractivity contribution < 1.29 is 33.6 Å². The van der Waals surface area contributed by atoms with Gasteiger partial charge >= 0.3 is 17.7 Å². The summed E-state index contributed by atoms with van der Waals surface area (Å²) in [4.78, 5) is 47.2. The predicted octanol–water partition coefficient (Wildman–Crippen LogP) is 2.54. The molecule has 0 atom stereocenters. The van der Waals surface area contributed by atoms with E-state index < -0.39 is 34.3 Å². The van der Waals surface area contributed by atoms with E-state index in [4.69, 9.17) is 4.42 Å². The number of nitro benzene ring substituents is 1. The number of urea groups is 1. The normalized spacial score (nSPS) is 15.0. The van der Waals surface area contributed by atoms with E-state index in [1.54, 1.807) is 0 Å². The largest absolute Gasteiger partial charge is 0.502 e. The highest BCUT2D eigenvalue weighted by molar-refractivity contribution is 9.10. The van der Waals surface area contributed by atoms with Gasteiger partial charge < -0.3 is 19.6 Å². The maximum absolute atomic E-state index is 12.6. The van der Waals surface area contributed by atoms with Crippen LogP contribution in [0.15, 0.2) is 38.9 Å². The number of phenolic OH excluding ortho intramolecular Hbond substituents is 1. The number of carbonyl (C=O) groups excluding carboxylic acids is 3. The molecule has 3 rings (SSSR count). The fraction of sp³-hybridized carbons (Fsp3) is 0.118. The average molecular weight is 466 g/mol. The minimum atomic E-state index is -0.779. The Balaban J connectivity index is 1.86. The molecule has 2 aromatic rings. The number of hydrogen-bond acceptors (Lipinski definition) is 8. The number of imide groups is 1. The molecule has 2 N–H and O–H groups in total. The van der Waals surface area contributed by atoms with Crippen molar-refractivity contribution in [2.24, 2.45) is 0 Å². The number of phenols is 1. The van der Waals surface area contributed by atoms with Gasteiger partial charge in [-0.2, -0.15) is 0 Å². The van der Waals surface area contributed by atoms with Gasteiger partial charge in [-0.25, -0.2) is 9.59 Å². The van der Waals surface area contributed by atoms with Crippen LogP contribution in [-0.2, 0) is 16.1 Å². The standard InChI is InChI=1S/C17H12BrN3O8/c1-28-16(24)13-3-2-10(29-13)7-20-15(23)11(19-17(20)25)5-8-4-9(18)6-12(14(8)22)21(26)27/h2-6,22H,7H2,1H3,(H,19,25)/b11-5-. The molecule has 0 radical (unpaired) electrons. The molecule has 0 bridgehead atoms. The van der Waals surface area contributed by atoms with Gasteiger partial charge in [-0.3, -0.25) is 19.8 Å². The van der Waals surface area contributed by atoms with Crippen molar-refractivity contribution in [2.45, 2.75) is 6.54 Å². The summed E-state index contributed by atoms with van der Waals surface area (Å²) >= 11 is 3.09. The van der Waals surface area contributed by atoms with E-state index in [1.807, 2.05) is 0 Å². The second-order valence-electron chi connectivity index (χ2n) is 5.76. The number of nitrogens with one attached hydrogen (secondary N) is 1. The average Bonchev–Trinajstić information content (AvgIpc) is 3.24. The number of aromatic hydroxyl groups is 1. The molecule has 3 amide bonds. The fourth-order valence-corrected chi connectivity index (χ4v) is 3.02. The lowest BCUT2D eigenvalue weighted by Crippen LogP contribution is -2.30. The van der Waals surface area contributed by atoms with Gasteiger partial charge in [0.2, 0.25) is 11.5 Å². The third-order valence-electron chi connectivity index (χ3n) is 3.91. The van der Waals surface area contributed by atoms with Gasteiger partial charge in [-0.05, 0) is 24.3 Å². The van der Waals surface area contributed by atoms with Gasteiger partial charge in [-0.1, -0.05) is 15.9 Å². The first-order valence-electron chi connectivity index (χ1n) is 7.89. The molecular weight excluding hydrogens is 454 g/mol. The van der Waals surface area contributed by atoms with E-state index in [2.05, 4.69) is 26.0 Å². The Morgan fingerprint density at radius 2 is 2.14 bits per heavy atom. The Kier molecular flexibility index (Phi) is 5.37. The predicted molar refractivity (Wildman–Crippen MR) is 99.6 cm³/mol. The number of benzene rings is 1. The lowest BCUT2D eigenvalue weighted by molar-refractivity contribution is -0.385. The number of ether oxygens (including phenoxy) is 1. The number of furan rings is 1. The van der Waals surface area contributed by atoms with Gasteiger partial charge in [0.15, 0.2) is 0 Å². The van der Waals surface area contributed by atoms with Crippen LogP contribution in [0.2, 0.25) is 0 Å². The number of rotatable bonds is 5. The Labute approximate surface area is 170 Å². The molecule has 1 fully saturated rings. The van der Waals surface area contributed by atoms with Crippen LogP contribution >= 0.6 is 15.9 Å². The fourth-order valence-electron chi connectivity index (χ4n) is 2.55. The van der Waals surface area contributed by atoms with Crippen LogP contribution in [0.5, 0.6) is 5.75 Å². The molecule has 29 heavy (non-hydrogen) atoms. The van der Waals surface area contributed by atoms with E-state index in [-0.39, 0.29) is 29.3 Å². The summed E-state index contributed by atoms with van der Waals surface area (Å²) in [7, 11) is 1.18. The zero-order chi connectivity index (χ0) is 21.3. The number of esters is 1. The SMILES string of the molecule is COC(=O)c1ccc(CN2C(=O)N/C(=C\c3cc(Br)cc([N+](=O)[O-])c3O)C2=O)o1. The lowest BCUT2D eigenvalue weighted by atomic mass is 10.1. The second-order valence-corrected chi connectivity index (χ2v) is 6.67. The molecule has 150 valence electrons. The summed E-state index contributed by atoms with van der Waals surface area (Å²) in [6.07, 6.45) is 1.12. The number of carbonyl (C=O) groups is 3. The number of methoxy groups -OCH3 is 1. The van der Waals surface area contributed by atoms with E-state index in [1.165, 1.54) is 25.3 Å². The van der Waals surface area contributed by atoms with Crippen LogP contribution in [0.1, 0.15) is 21.9 Å². The summed E-state index contributed by atoms with van der Waals surface area (Å²) in [6, 6.07) is 4.45. The molecule has 0 aliphatic carbocycles. The van der Waals surface area contributed by atoms with E-state index in [9.17, 15) is 29.6 Å². The number of halogens is 1. The topological polar surface area (TPSA) is 152 Å². The Bertz CT molecular complexity index is 1070. The van der Waals surface area contributed by atoms with Gasteiger partial charge in [0.25, 0.3) is 5.91 Å². The van der Waals surface area contributed by atoms with Crippen LogP contribution in [0.4, 0.5) is 10.5 Å². The smallest absolute Gasteiger partial charge is 0.373 e. The first kappa shape index (κ1) is 20.1. The molecule has 1 saturated heterocycles. The Morgan fingerprint density at radius 3 is 2.79 bits per heavy atom. The number of hydrogen-bond donors (Lipinski definition) is 2. The van der Waals surface area contributed by atoms with E-state index in [0.717, 1.165) is 17.0 Å². The summed E-state index contributed by atoms with van der Waals surface area (Å²) < 4.78 is 10.1. The second kappa shape index (κ2) is 7.75. The summed E-state index contributed by atoms with van der Waals surface area (Å²) in [5, 5.41) is 23.4. The number of nitrogens with zero attached hydrogens (tertiary/aromatic N) is 2. The quantitative estimate of drug-likeness (QED) is 0.224. The lowest BCUT2D eigenvalue weighted by Gasteiger charge is -2.09. The maximum Gasteiger partial charge on any atom is 0.373 e. The van der Waals surface area contributed by atoms with Gasteiger partial charge in [-0.15, -0.1) is 0 Å². The minimum absolute atomic E-state index is 0.0393. The highest BCUT2D eigenvalue weighted by Gasteiger charge is 2.35. The molecule has 0 saturated carbocycles. The molecule has 1 aromatic carbocycles. The Morgan fingerprint density at radius 1 is 1.41 bits per heavy atom. The maximum atomic E-state index is 12.6. The number of nitro groups is 1. The van der Waals surface area contributed by atoms with Crippen molar-refractivity contribution >= 4 is 45.6 Å². The van der Waals surface area contributed by atoms with Crippen molar-refractivity contribution in [3.8, 4) is 5.75 Å². The zero-order valence-electron chi connectivity index (χ0n) is 14.7. The molecule has 2 heterocycles. The molecule has 1 aromatic heterocycles. The summed E-state index contributed by atoms with van der Waals surface area (Å²) in [5.74, 6) is -2.03. The summed E-state index contributed by atoms with van der Waals surface area (Å²) in [5.41, 5.74) is -0.800. The molecular formula is C17H12BrN3O8. The molecule has 1 aliphatic rings. The van der Waals surface area contributed by atoms with Crippen molar-refractivity contribution in [3.63, 3.8) is 0 Å². The Hall–Kier alpha value is -3.67. The van der Waals surface area contributed by atoms with Crippen molar-refractivity contribution in [3.05, 3.63) is 61.6 Å². The molecule has 11 nitrogen and oxygen atoms in total. The first-order chi connectivity index (χ1) is 13.7. The van der Waals surface area contributed by atoms with E-state index >= 15 is 0 Å². The van der Waals surface area contributed by atoms with Gasteiger partial charge in [0.1, 0.15) is 11.5 Å². The van der Waals surface area contributed by atoms with Gasteiger partial charge in [0.05, 0.1) is 18.6 Å². The van der Waals surface area contributed by atoms with Crippen LogP contribution < -0.4 is 5.32 Å². The molecule has 0 unspecified atom stereocenters. The van der Waals surface area contributed by atoms with E-state index in [0.29, 0.717) is 4.47 Å². The highest BCUT2D eigenvalue weighted by atomic mass is 79.9. The minimum Gasteiger partial charge on any atom is -0.502 e. The van der Waals surface area contributed by atoms with Crippen LogP contribution in [-0.4, -0.2) is 39.9 Å². The van der Waals surface area contributed by atoms with Crippen LogP contribution in [0, 0.1) is 10.1 Å². The first-order valence-corrected chi connectivity index (χ1v) is 8.69. The van der Waals surface area contributed by atoms with Crippen LogP contribution in [0.3, 0.4) is 0 Å².